The Labute approximate surface area is 188 Å². The summed E-state index contributed by atoms with van der Waals surface area (Å²) in [5.41, 5.74) is 2.25. The van der Waals surface area contributed by atoms with Gasteiger partial charge in [-0.15, -0.1) is 0 Å². The van der Waals surface area contributed by atoms with Crippen molar-refractivity contribution in [3.63, 3.8) is 0 Å². The van der Waals surface area contributed by atoms with Crippen LogP contribution in [0, 0.1) is 11.8 Å². The van der Waals surface area contributed by atoms with Crippen LogP contribution < -0.4 is 15.0 Å². The minimum Gasteiger partial charge on any atom is -0.497 e. The molecule has 0 radical (unpaired) electrons. The smallest absolute Gasteiger partial charge is 0.235 e. The van der Waals surface area contributed by atoms with E-state index in [1.165, 1.54) is 0 Å². The van der Waals surface area contributed by atoms with E-state index >= 15 is 0 Å². The highest BCUT2D eigenvalue weighted by Crippen LogP contribution is 2.34. The second kappa shape index (κ2) is 9.96. The summed E-state index contributed by atoms with van der Waals surface area (Å²) in [7, 11) is 1.60. The predicted molar refractivity (Wildman–Crippen MR) is 127 cm³/mol. The number of nitrogens with one attached hydrogen (secondary N) is 1. The van der Waals surface area contributed by atoms with Crippen LogP contribution in [-0.2, 0) is 9.59 Å². The third-order valence-electron chi connectivity index (χ3n) is 5.69. The molecule has 2 unspecified atom stereocenters. The Morgan fingerprint density at radius 2 is 1.31 bits per heavy atom. The van der Waals surface area contributed by atoms with Crippen molar-refractivity contribution in [1.29, 1.82) is 0 Å². The number of carbonyl (C=O) groups is 2. The van der Waals surface area contributed by atoms with Gasteiger partial charge in [0, 0.05) is 17.1 Å². The molecule has 1 N–H and O–H groups in total. The van der Waals surface area contributed by atoms with Gasteiger partial charge in [-0.3, -0.25) is 14.5 Å². The number of methoxy groups -OCH3 is 1. The third-order valence-corrected chi connectivity index (χ3v) is 5.69. The number of carbonyl (C=O) groups excluding carboxylic acids is 2. The molecule has 0 heterocycles. The summed E-state index contributed by atoms with van der Waals surface area (Å²) in [6.45, 7) is 0. The van der Waals surface area contributed by atoms with Crippen LogP contribution in [0.5, 0.6) is 5.75 Å². The maximum Gasteiger partial charge on any atom is 0.235 e. The number of benzene rings is 3. The number of ether oxygens (including phenoxy) is 1. The van der Waals surface area contributed by atoms with Crippen LogP contribution in [-0.4, -0.2) is 18.9 Å². The molecular weight excluding hydrogens is 400 g/mol. The molecule has 1 aliphatic rings. The van der Waals surface area contributed by atoms with Crippen molar-refractivity contribution in [2.45, 2.75) is 12.8 Å². The first-order chi connectivity index (χ1) is 15.7. The maximum absolute atomic E-state index is 13.8. The van der Waals surface area contributed by atoms with Gasteiger partial charge in [0.1, 0.15) is 5.75 Å². The summed E-state index contributed by atoms with van der Waals surface area (Å²) in [5, 5.41) is 2.97. The Hall–Kier alpha value is -3.86. The molecule has 0 aliphatic heterocycles. The number of hydrogen-bond acceptors (Lipinski definition) is 3. The van der Waals surface area contributed by atoms with Crippen molar-refractivity contribution in [2.75, 3.05) is 17.3 Å². The van der Waals surface area contributed by atoms with Crippen LogP contribution in [0.2, 0.25) is 0 Å². The number of hydrogen-bond donors (Lipinski definition) is 1. The fourth-order valence-corrected chi connectivity index (χ4v) is 4.01. The van der Waals surface area contributed by atoms with Gasteiger partial charge >= 0.3 is 0 Å². The molecule has 2 amide bonds. The second-order valence-corrected chi connectivity index (χ2v) is 7.72. The lowest BCUT2D eigenvalue weighted by molar-refractivity contribution is -0.130. The molecule has 0 fully saturated rings. The largest absolute Gasteiger partial charge is 0.497 e. The number of rotatable bonds is 6. The van der Waals surface area contributed by atoms with Crippen molar-refractivity contribution >= 4 is 28.9 Å². The number of amides is 2. The first-order valence-electron chi connectivity index (χ1n) is 10.7. The Kier molecular flexibility index (Phi) is 6.66. The van der Waals surface area contributed by atoms with E-state index in [9.17, 15) is 9.59 Å². The highest BCUT2D eigenvalue weighted by Gasteiger charge is 2.37. The second-order valence-electron chi connectivity index (χ2n) is 7.72. The van der Waals surface area contributed by atoms with E-state index in [1.54, 1.807) is 36.3 Å². The van der Waals surface area contributed by atoms with Crippen LogP contribution in [0.25, 0.3) is 0 Å². The molecule has 3 aromatic carbocycles. The first-order valence-corrected chi connectivity index (χ1v) is 10.7. The van der Waals surface area contributed by atoms with Gasteiger partial charge in [0.05, 0.1) is 18.9 Å². The Bertz CT molecular complexity index is 1040. The van der Waals surface area contributed by atoms with Crippen LogP contribution in [0.15, 0.2) is 97.1 Å². The van der Waals surface area contributed by atoms with Gasteiger partial charge in [-0.25, -0.2) is 0 Å². The number of para-hydroxylation sites is 2. The van der Waals surface area contributed by atoms with Gasteiger partial charge in [-0.2, -0.15) is 0 Å². The SMILES string of the molecule is COc1ccc(NC(=O)C2CC=CCC2C(=O)N(c2ccccc2)c2ccccc2)cc1. The van der Waals surface area contributed by atoms with E-state index in [1.807, 2.05) is 72.8 Å². The van der Waals surface area contributed by atoms with Gasteiger partial charge in [0.15, 0.2) is 0 Å². The van der Waals surface area contributed by atoms with Crippen LogP contribution >= 0.6 is 0 Å². The molecule has 4 rings (SSSR count). The molecule has 32 heavy (non-hydrogen) atoms. The first kappa shape index (κ1) is 21.4. The van der Waals surface area contributed by atoms with E-state index in [2.05, 4.69) is 5.32 Å². The van der Waals surface area contributed by atoms with Gasteiger partial charge in [0.2, 0.25) is 11.8 Å². The summed E-state index contributed by atoms with van der Waals surface area (Å²) < 4.78 is 5.18. The highest BCUT2D eigenvalue weighted by molar-refractivity contribution is 6.05. The third kappa shape index (κ3) is 4.72. The lowest BCUT2D eigenvalue weighted by Gasteiger charge is -2.32. The topological polar surface area (TPSA) is 58.6 Å². The molecule has 0 saturated heterocycles. The molecule has 0 bridgehead atoms. The molecule has 3 aromatic rings. The molecule has 0 spiro atoms. The molecule has 0 aromatic heterocycles. The molecule has 1 aliphatic carbocycles. The van der Waals surface area contributed by atoms with Crippen molar-refractivity contribution in [2.24, 2.45) is 11.8 Å². The van der Waals surface area contributed by atoms with E-state index < -0.39 is 11.8 Å². The maximum atomic E-state index is 13.8. The van der Waals surface area contributed by atoms with Crippen molar-refractivity contribution < 1.29 is 14.3 Å². The van der Waals surface area contributed by atoms with E-state index in [4.69, 9.17) is 4.74 Å². The van der Waals surface area contributed by atoms with E-state index in [0.29, 0.717) is 18.5 Å². The molecule has 5 heteroatoms. The summed E-state index contributed by atoms with van der Waals surface area (Å²) in [5.74, 6) is -0.429. The summed E-state index contributed by atoms with van der Waals surface area (Å²) in [6, 6.07) is 26.3. The van der Waals surface area contributed by atoms with Gasteiger partial charge in [0.25, 0.3) is 0 Å². The molecule has 162 valence electrons. The van der Waals surface area contributed by atoms with Crippen LogP contribution in [0.3, 0.4) is 0 Å². The standard InChI is InChI=1S/C27H26N2O3/c1-32-23-18-16-20(17-19-23)28-26(30)24-14-8-9-15-25(24)27(31)29(21-10-4-2-5-11-21)22-12-6-3-7-13-22/h2-13,16-19,24-25H,14-15H2,1H3,(H,28,30). The van der Waals surface area contributed by atoms with Crippen LogP contribution in [0.4, 0.5) is 17.1 Å². The molecule has 5 nitrogen and oxygen atoms in total. The van der Waals surface area contributed by atoms with E-state index in [0.717, 1.165) is 17.1 Å². The van der Waals surface area contributed by atoms with Gasteiger partial charge < -0.3 is 10.1 Å². The zero-order valence-corrected chi connectivity index (χ0v) is 18.0. The number of nitrogens with zero attached hydrogens (tertiary/aromatic N) is 1. The van der Waals surface area contributed by atoms with Crippen molar-refractivity contribution in [3.05, 3.63) is 97.1 Å². The minimum absolute atomic E-state index is 0.0818. The van der Waals surface area contributed by atoms with Gasteiger partial charge in [-0.05, 0) is 61.4 Å². The number of allylic oxidation sites excluding steroid dienone is 2. The minimum atomic E-state index is -0.460. The molecule has 2 atom stereocenters. The quantitative estimate of drug-likeness (QED) is 0.524. The molecular formula is C27H26N2O3. The van der Waals surface area contributed by atoms with Crippen LogP contribution in [0.1, 0.15) is 12.8 Å². The fourth-order valence-electron chi connectivity index (χ4n) is 4.01. The predicted octanol–water partition coefficient (Wildman–Crippen LogP) is 5.58. The van der Waals surface area contributed by atoms with E-state index in [-0.39, 0.29) is 11.8 Å². The summed E-state index contributed by atoms with van der Waals surface area (Å²) in [4.78, 5) is 28.8. The lowest BCUT2D eigenvalue weighted by atomic mass is 9.81. The Balaban J connectivity index is 1.60. The summed E-state index contributed by atoms with van der Waals surface area (Å²) >= 11 is 0. The van der Waals surface area contributed by atoms with Crippen molar-refractivity contribution in [3.8, 4) is 5.75 Å². The monoisotopic (exact) mass is 426 g/mol. The zero-order chi connectivity index (χ0) is 22.3. The fraction of sp³-hybridized carbons (Fsp3) is 0.185. The Morgan fingerprint density at radius 1 is 0.781 bits per heavy atom. The highest BCUT2D eigenvalue weighted by atomic mass is 16.5. The lowest BCUT2D eigenvalue weighted by Crippen LogP contribution is -2.41. The average molecular weight is 427 g/mol. The average Bonchev–Trinajstić information content (AvgIpc) is 2.86. The normalized spacial score (nSPS) is 17.4. The Morgan fingerprint density at radius 3 is 1.84 bits per heavy atom. The van der Waals surface area contributed by atoms with Gasteiger partial charge in [-0.1, -0.05) is 48.6 Å². The number of anilines is 3. The zero-order valence-electron chi connectivity index (χ0n) is 18.0. The summed E-state index contributed by atoms with van der Waals surface area (Å²) in [6.07, 6.45) is 5.02. The van der Waals surface area contributed by atoms with Crippen molar-refractivity contribution in [1.82, 2.24) is 0 Å². The molecule has 0 saturated carbocycles.